The number of halogens is 2. The number of rotatable bonds is 7. The second-order valence-corrected chi connectivity index (χ2v) is 5.25. The van der Waals surface area contributed by atoms with Crippen LogP contribution in [-0.2, 0) is 0 Å². The van der Waals surface area contributed by atoms with Gasteiger partial charge < -0.3 is 15.4 Å². The molecule has 0 aliphatic heterocycles. The van der Waals surface area contributed by atoms with E-state index in [1.165, 1.54) is 0 Å². The third kappa shape index (κ3) is 5.03. The van der Waals surface area contributed by atoms with E-state index >= 15 is 0 Å². The van der Waals surface area contributed by atoms with Gasteiger partial charge in [-0.15, -0.1) is 0 Å². The Morgan fingerprint density at radius 2 is 1.48 bits per heavy atom. The minimum Gasteiger partial charge on any atom is -0.494 e. The Morgan fingerprint density at radius 1 is 0.857 bits per heavy atom. The van der Waals surface area contributed by atoms with E-state index in [0.29, 0.717) is 16.7 Å². The predicted octanol–water partition coefficient (Wildman–Crippen LogP) is 4.92. The van der Waals surface area contributed by atoms with Crippen molar-refractivity contribution in [3.63, 3.8) is 0 Å². The topological polar surface area (TPSA) is 33.3 Å². The van der Waals surface area contributed by atoms with Gasteiger partial charge in [-0.3, -0.25) is 0 Å². The lowest BCUT2D eigenvalue weighted by atomic mass is 10.3. The Hall–Kier alpha value is -1.58. The van der Waals surface area contributed by atoms with E-state index < -0.39 is 0 Å². The Bertz CT molecular complexity index is 573. The van der Waals surface area contributed by atoms with Crippen molar-refractivity contribution < 1.29 is 4.74 Å². The van der Waals surface area contributed by atoms with Crippen molar-refractivity contribution in [1.29, 1.82) is 0 Å². The summed E-state index contributed by atoms with van der Waals surface area (Å²) in [5, 5.41) is 7.74. The molecule has 0 bridgehead atoms. The molecule has 2 aromatic carbocycles. The summed E-state index contributed by atoms with van der Waals surface area (Å²) in [5.74, 6) is 0.886. The average molecular weight is 325 g/mol. The van der Waals surface area contributed by atoms with Crippen LogP contribution >= 0.6 is 23.2 Å². The summed E-state index contributed by atoms with van der Waals surface area (Å²) in [7, 11) is 0. The van der Waals surface area contributed by atoms with Gasteiger partial charge in [0.1, 0.15) is 5.75 Å². The molecular formula is C16H18Cl2N2O. The SMILES string of the molecule is CCOc1ccc(NCCNc2ccc(Cl)c(Cl)c2)cc1. The molecule has 0 unspecified atom stereocenters. The van der Waals surface area contributed by atoms with E-state index in [4.69, 9.17) is 27.9 Å². The predicted molar refractivity (Wildman–Crippen MR) is 91.1 cm³/mol. The van der Waals surface area contributed by atoms with E-state index in [0.717, 1.165) is 30.2 Å². The minimum atomic E-state index is 0.557. The molecule has 21 heavy (non-hydrogen) atoms. The normalized spacial score (nSPS) is 10.2. The van der Waals surface area contributed by atoms with Crippen LogP contribution in [-0.4, -0.2) is 19.7 Å². The first-order valence-electron chi connectivity index (χ1n) is 6.84. The largest absolute Gasteiger partial charge is 0.494 e. The first-order valence-corrected chi connectivity index (χ1v) is 7.60. The standard InChI is InChI=1S/C16H18Cl2N2O/c1-2-21-14-6-3-12(4-7-14)19-9-10-20-13-5-8-15(17)16(18)11-13/h3-8,11,19-20H,2,9-10H2,1H3. The fourth-order valence-corrected chi connectivity index (χ4v) is 2.15. The van der Waals surface area contributed by atoms with E-state index in [2.05, 4.69) is 10.6 Å². The molecule has 0 saturated carbocycles. The van der Waals surface area contributed by atoms with Crippen molar-refractivity contribution in [2.75, 3.05) is 30.3 Å². The zero-order chi connectivity index (χ0) is 15.1. The molecule has 112 valence electrons. The van der Waals surface area contributed by atoms with E-state index in [-0.39, 0.29) is 0 Å². The van der Waals surface area contributed by atoms with Crippen LogP contribution in [0, 0.1) is 0 Å². The smallest absolute Gasteiger partial charge is 0.119 e. The Kier molecular flexibility index (Phi) is 6.03. The van der Waals surface area contributed by atoms with Crippen molar-refractivity contribution in [3.8, 4) is 5.75 Å². The summed E-state index contributed by atoms with van der Waals surface area (Å²) in [4.78, 5) is 0. The van der Waals surface area contributed by atoms with Crippen molar-refractivity contribution in [2.45, 2.75) is 6.92 Å². The first kappa shape index (κ1) is 15.8. The highest BCUT2D eigenvalue weighted by molar-refractivity contribution is 6.42. The lowest BCUT2D eigenvalue weighted by Crippen LogP contribution is -2.13. The molecule has 0 aromatic heterocycles. The van der Waals surface area contributed by atoms with Gasteiger partial charge in [-0.05, 0) is 49.4 Å². The molecule has 0 radical (unpaired) electrons. The third-order valence-electron chi connectivity index (χ3n) is 2.87. The Labute approximate surface area is 135 Å². The Morgan fingerprint density at radius 3 is 2.10 bits per heavy atom. The monoisotopic (exact) mass is 324 g/mol. The zero-order valence-corrected chi connectivity index (χ0v) is 13.3. The highest BCUT2D eigenvalue weighted by Gasteiger charge is 1.99. The maximum Gasteiger partial charge on any atom is 0.119 e. The van der Waals surface area contributed by atoms with Crippen LogP contribution in [0.3, 0.4) is 0 Å². The van der Waals surface area contributed by atoms with E-state index in [1.807, 2.05) is 43.3 Å². The molecule has 2 aromatic rings. The van der Waals surface area contributed by atoms with Crippen molar-refractivity contribution in [3.05, 3.63) is 52.5 Å². The molecule has 0 heterocycles. The van der Waals surface area contributed by atoms with Crippen molar-refractivity contribution in [1.82, 2.24) is 0 Å². The lowest BCUT2D eigenvalue weighted by Gasteiger charge is -2.10. The molecule has 5 heteroatoms. The molecule has 2 N–H and O–H groups in total. The fourth-order valence-electron chi connectivity index (χ4n) is 1.86. The minimum absolute atomic E-state index is 0.557. The van der Waals surface area contributed by atoms with Crippen LogP contribution < -0.4 is 15.4 Å². The molecule has 0 atom stereocenters. The summed E-state index contributed by atoms with van der Waals surface area (Å²) in [6, 6.07) is 13.4. The summed E-state index contributed by atoms with van der Waals surface area (Å²) >= 11 is 11.8. The number of hydrogen-bond acceptors (Lipinski definition) is 3. The molecule has 3 nitrogen and oxygen atoms in total. The highest BCUT2D eigenvalue weighted by Crippen LogP contribution is 2.24. The first-order chi connectivity index (χ1) is 10.2. The van der Waals surface area contributed by atoms with Crippen molar-refractivity contribution >= 4 is 34.6 Å². The van der Waals surface area contributed by atoms with Crippen LogP contribution in [0.25, 0.3) is 0 Å². The van der Waals surface area contributed by atoms with Gasteiger partial charge in [-0.1, -0.05) is 23.2 Å². The second kappa shape index (κ2) is 8.01. The number of ether oxygens (including phenoxy) is 1. The fraction of sp³-hybridized carbons (Fsp3) is 0.250. The number of nitrogens with one attached hydrogen (secondary N) is 2. The van der Waals surface area contributed by atoms with Crippen LogP contribution in [0.4, 0.5) is 11.4 Å². The van der Waals surface area contributed by atoms with Gasteiger partial charge in [0.15, 0.2) is 0 Å². The summed E-state index contributed by atoms with van der Waals surface area (Å²) < 4.78 is 5.40. The van der Waals surface area contributed by atoms with Crippen LogP contribution in [0.15, 0.2) is 42.5 Å². The third-order valence-corrected chi connectivity index (χ3v) is 3.61. The molecule has 0 fully saturated rings. The molecule has 0 spiro atoms. The van der Waals surface area contributed by atoms with Crippen LogP contribution in [0.1, 0.15) is 6.92 Å². The maximum atomic E-state index is 5.96. The van der Waals surface area contributed by atoms with E-state index in [9.17, 15) is 0 Å². The Balaban J connectivity index is 1.75. The lowest BCUT2D eigenvalue weighted by molar-refractivity contribution is 0.340. The zero-order valence-electron chi connectivity index (χ0n) is 11.8. The highest BCUT2D eigenvalue weighted by atomic mass is 35.5. The van der Waals surface area contributed by atoms with Gasteiger partial charge in [0.2, 0.25) is 0 Å². The van der Waals surface area contributed by atoms with Crippen LogP contribution in [0.2, 0.25) is 10.0 Å². The van der Waals surface area contributed by atoms with Crippen LogP contribution in [0.5, 0.6) is 5.75 Å². The van der Waals surface area contributed by atoms with Gasteiger partial charge in [-0.25, -0.2) is 0 Å². The van der Waals surface area contributed by atoms with Crippen molar-refractivity contribution in [2.24, 2.45) is 0 Å². The van der Waals surface area contributed by atoms with E-state index in [1.54, 1.807) is 6.07 Å². The quantitative estimate of drug-likeness (QED) is 0.709. The number of anilines is 2. The average Bonchev–Trinajstić information content (AvgIpc) is 2.49. The molecule has 0 aliphatic carbocycles. The van der Waals surface area contributed by atoms with Gasteiger partial charge in [-0.2, -0.15) is 0 Å². The van der Waals surface area contributed by atoms with Gasteiger partial charge in [0.25, 0.3) is 0 Å². The number of hydrogen-bond donors (Lipinski definition) is 2. The number of benzene rings is 2. The molecule has 0 saturated heterocycles. The van der Waals surface area contributed by atoms with Gasteiger partial charge in [0, 0.05) is 24.5 Å². The van der Waals surface area contributed by atoms with Gasteiger partial charge in [0.05, 0.1) is 16.7 Å². The summed E-state index contributed by atoms with van der Waals surface area (Å²) in [5.41, 5.74) is 2.02. The molecular weight excluding hydrogens is 307 g/mol. The second-order valence-electron chi connectivity index (χ2n) is 4.44. The molecule has 2 rings (SSSR count). The summed E-state index contributed by atoms with van der Waals surface area (Å²) in [6.45, 7) is 4.24. The molecule has 0 aliphatic rings. The summed E-state index contributed by atoms with van der Waals surface area (Å²) in [6.07, 6.45) is 0. The molecule has 0 amide bonds. The maximum absolute atomic E-state index is 5.96. The van der Waals surface area contributed by atoms with Gasteiger partial charge >= 0.3 is 0 Å².